The number of benzene rings is 2. The van der Waals surface area contributed by atoms with Crippen molar-refractivity contribution in [2.75, 3.05) is 0 Å². The number of rotatable bonds is 3. The van der Waals surface area contributed by atoms with Crippen molar-refractivity contribution in [3.05, 3.63) is 58.6 Å². The SMILES string of the molecule is Cc1ccc(Sc2cccc(Cl)c2)c(CN)c1. The summed E-state index contributed by atoms with van der Waals surface area (Å²) >= 11 is 7.67. The third-order valence-electron chi connectivity index (χ3n) is 2.46. The molecule has 2 aromatic carbocycles. The normalized spacial score (nSPS) is 10.5. The maximum atomic E-state index is 5.97. The summed E-state index contributed by atoms with van der Waals surface area (Å²) < 4.78 is 0. The second-order valence-corrected chi connectivity index (χ2v) is 5.43. The van der Waals surface area contributed by atoms with Gasteiger partial charge in [-0.05, 0) is 36.8 Å². The first-order valence-corrected chi connectivity index (χ1v) is 6.61. The Morgan fingerprint density at radius 2 is 2.00 bits per heavy atom. The second kappa shape index (κ2) is 5.58. The van der Waals surface area contributed by atoms with E-state index in [1.54, 1.807) is 11.8 Å². The molecule has 0 unspecified atom stereocenters. The van der Waals surface area contributed by atoms with E-state index in [0.29, 0.717) is 6.54 Å². The van der Waals surface area contributed by atoms with Crippen LogP contribution in [0.2, 0.25) is 5.02 Å². The number of halogens is 1. The van der Waals surface area contributed by atoms with Gasteiger partial charge in [0, 0.05) is 21.4 Å². The maximum Gasteiger partial charge on any atom is 0.0417 e. The average Bonchev–Trinajstić information content (AvgIpc) is 2.31. The van der Waals surface area contributed by atoms with Crippen molar-refractivity contribution >= 4 is 23.4 Å². The molecule has 0 saturated heterocycles. The van der Waals surface area contributed by atoms with Crippen LogP contribution >= 0.6 is 23.4 Å². The zero-order chi connectivity index (χ0) is 12.3. The summed E-state index contributed by atoms with van der Waals surface area (Å²) in [5, 5.41) is 0.761. The van der Waals surface area contributed by atoms with E-state index in [0.717, 1.165) is 9.92 Å². The molecular formula is C14H14ClNS. The first-order chi connectivity index (χ1) is 8.19. The molecule has 0 radical (unpaired) electrons. The largest absolute Gasteiger partial charge is 0.326 e. The fraction of sp³-hybridized carbons (Fsp3) is 0.143. The van der Waals surface area contributed by atoms with Crippen molar-refractivity contribution in [3.63, 3.8) is 0 Å². The number of hydrogen-bond donors (Lipinski definition) is 1. The van der Waals surface area contributed by atoms with Gasteiger partial charge in [-0.1, -0.05) is 47.1 Å². The Hall–Kier alpha value is -0.960. The van der Waals surface area contributed by atoms with Gasteiger partial charge in [0.2, 0.25) is 0 Å². The van der Waals surface area contributed by atoms with Crippen LogP contribution in [-0.4, -0.2) is 0 Å². The van der Waals surface area contributed by atoms with Gasteiger partial charge in [-0.15, -0.1) is 0 Å². The van der Waals surface area contributed by atoms with Gasteiger partial charge in [0.1, 0.15) is 0 Å². The van der Waals surface area contributed by atoms with E-state index in [4.69, 9.17) is 17.3 Å². The van der Waals surface area contributed by atoms with Gasteiger partial charge < -0.3 is 5.73 Å². The molecule has 0 heterocycles. The summed E-state index contributed by atoms with van der Waals surface area (Å²) in [7, 11) is 0. The summed E-state index contributed by atoms with van der Waals surface area (Å²) in [5.41, 5.74) is 8.18. The fourth-order valence-corrected chi connectivity index (χ4v) is 2.88. The molecule has 0 aliphatic heterocycles. The monoisotopic (exact) mass is 263 g/mol. The van der Waals surface area contributed by atoms with Gasteiger partial charge in [0.25, 0.3) is 0 Å². The Morgan fingerprint density at radius 1 is 1.18 bits per heavy atom. The van der Waals surface area contributed by atoms with E-state index < -0.39 is 0 Å². The molecule has 0 aliphatic rings. The molecule has 0 atom stereocenters. The number of aryl methyl sites for hydroxylation is 1. The molecule has 1 nitrogen and oxygen atoms in total. The first-order valence-electron chi connectivity index (χ1n) is 5.42. The number of nitrogens with two attached hydrogens (primary N) is 1. The highest BCUT2D eigenvalue weighted by molar-refractivity contribution is 7.99. The quantitative estimate of drug-likeness (QED) is 0.896. The average molecular weight is 264 g/mol. The standard InChI is InChI=1S/C14H14ClNS/c1-10-5-6-14(11(7-10)9-16)17-13-4-2-3-12(15)8-13/h2-8H,9,16H2,1H3. The molecule has 17 heavy (non-hydrogen) atoms. The topological polar surface area (TPSA) is 26.0 Å². The highest BCUT2D eigenvalue weighted by Crippen LogP contribution is 2.32. The molecule has 0 amide bonds. The third kappa shape index (κ3) is 3.25. The minimum Gasteiger partial charge on any atom is -0.326 e. The van der Waals surface area contributed by atoms with E-state index in [2.05, 4.69) is 31.2 Å². The van der Waals surface area contributed by atoms with Crippen LogP contribution in [-0.2, 0) is 6.54 Å². The van der Waals surface area contributed by atoms with E-state index in [1.165, 1.54) is 16.0 Å². The van der Waals surface area contributed by atoms with Crippen LogP contribution in [0.25, 0.3) is 0 Å². The molecule has 0 fully saturated rings. The Balaban J connectivity index is 2.29. The van der Waals surface area contributed by atoms with Gasteiger partial charge in [-0.3, -0.25) is 0 Å². The molecular weight excluding hydrogens is 250 g/mol. The molecule has 88 valence electrons. The Bertz CT molecular complexity index is 525. The predicted molar refractivity (Wildman–Crippen MR) is 74.6 cm³/mol. The van der Waals surface area contributed by atoms with Gasteiger partial charge in [-0.25, -0.2) is 0 Å². The summed E-state index contributed by atoms with van der Waals surface area (Å²) in [4.78, 5) is 2.33. The molecule has 0 aliphatic carbocycles. The summed E-state index contributed by atoms with van der Waals surface area (Å²) in [6.07, 6.45) is 0. The van der Waals surface area contributed by atoms with E-state index in [1.807, 2.05) is 18.2 Å². The Morgan fingerprint density at radius 3 is 2.71 bits per heavy atom. The lowest BCUT2D eigenvalue weighted by Gasteiger charge is -2.08. The maximum absolute atomic E-state index is 5.97. The van der Waals surface area contributed by atoms with Gasteiger partial charge >= 0.3 is 0 Å². The van der Waals surface area contributed by atoms with Crippen LogP contribution in [0.1, 0.15) is 11.1 Å². The molecule has 0 aromatic heterocycles. The van der Waals surface area contributed by atoms with Crippen molar-refractivity contribution in [1.29, 1.82) is 0 Å². The third-order valence-corrected chi connectivity index (χ3v) is 3.80. The minimum absolute atomic E-state index is 0.560. The molecule has 2 aromatic rings. The van der Waals surface area contributed by atoms with Gasteiger partial charge in [-0.2, -0.15) is 0 Å². The van der Waals surface area contributed by atoms with E-state index in [9.17, 15) is 0 Å². The summed E-state index contributed by atoms with van der Waals surface area (Å²) in [5.74, 6) is 0. The van der Waals surface area contributed by atoms with Gasteiger partial charge in [0.05, 0.1) is 0 Å². The zero-order valence-corrected chi connectivity index (χ0v) is 11.2. The molecule has 0 bridgehead atoms. The van der Waals surface area contributed by atoms with Crippen LogP contribution in [0.3, 0.4) is 0 Å². The molecule has 0 spiro atoms. The summed E-state index contributed by atoms with van der Waals surface area (Å²) in [6, 6.07) is 14.2. The summed E-state index contributed by atoms with van der Waals surface area (Å²) in [6.45, 7) is 2.64. The fourth-order valence-electron chi connectivity index (χ4n) is 1.62. The molecule has 2 rings (SSSR count). The Kier molecular flexibility index (Phi) is 4.11. The van der Waals surface area contributed by atoms with E-state index in [-0.39, 0.29) is 0 Å². The minimum atomic E-state index is 0.560. The lowest BCUT2D eigenvalue weighted by atomic mass is 10.1. The molecule has 2 N–H and O–H groups in total. The predicted octanol–water partition coefficient (Wildman–Crippen LogP) is 4.26. The van der Waals surface area contributed by atoms with Crippen LogP contribution in [0.15, 0.2) is 52.3 Å². The lowest BCUT2D eigenvalue weighted by Crippen LogP contribution is -1.98. The Labute approximate surface area is 111 Å². The van der Waals surface area contributed by atoms with Crippen molar-refractivity contribution < 1.29 is 0 Å². The molecule has 3 heteroatoms. The highest BCUT2D eigenvalue weighted by atomic mass is 35.5. The van der Waals surface area contributed by atoms with Crippen LogP contribution in [0.4, 0.5) is 0 Å². The van der Waals surface area contributed by atoms with Crippen LogP contribution in [0.5, 0.6) is 0 Å². The number of hydrogen-bond acceptors (Lipinski definition) is 2. The van der Waals surface area contributed by atoms with Crippen molar-refractivity contribution in [1.82, 2.24) is 0 Å². The van der Waals surface area contributed by atoms with Crippen LogP contribution < -0.4 is 5.73 Å². The van der Waals surface area contributed by atoms with Crippen molar-refractivity contribution in [3.8, 4) is 0 Å². The van der Waals surface area contributed by atoms with Crippen molar-refractivity contribution in [2.24, 2.45) is 5.73 Å². The van der Waals surface area contributed by atoms with Gasteiger partial charge in [0.15, 0.2) is 0 Å². The highest BCUT2D eigenvalue weighted by Gasteiger charge is 2.04. The van der Waals surface area contributed by atoms with E-state index >= 15 is 0 Å². The second-order valence-electron chi connectivity index (χ2n) is 3.87. The first kappa shape index (κ1) is 12.5. The lowest BCUT2D eigenvalue weighted by molar-refractivity contribution is 1.02. The van der Waals surface area contributed by atoms with Crippen molar-refractivity contribution in [2.45, 2.75) is 23.3 Å². The molecule has 0 saturated carbocycles. The smallest absolute Gasteiger partial charge is 0.0417 e. The van der Waals surface area contributed by atoms with Crippen LogP contribution in [0, 0.1) is 6.92 Å². The zero-order valence-electron chi connectivity index (χ0n) is 9.61.